The third kappa shape index (κ3) is 3.37. The minimum atomic E-state index is -1.06. The van der Waals surface area contributed by atoms with E-state index in [-0.39, 0.29) is 11.5 Å². The fraction of sp³-hybridized carbons (Fsp3) is 0.0385. The van der Waals surface area contributed by atoms with Crippen molar-refractivity contribution in [3.05, 3.63) is 95.8 Å². The van der Waals surface area contributed by atoms with Gasteiger partial charge in [0.15, 0.2) is 0 Å². The van der Waals surface area contributed by atoms with Crippen LogP contribution in [0.15, 0.2) is 94.0 Å². The third-order valence-electron chi connectivity index (χ3n) is 5.37. The summed E-state index contributed by atoms with van der Waals surface area (Å²) in [5.74, 6) is -0.161. The molecule has 5 rings (SSSR count). The maximum atomic E-state index is 13.0. The zero-order valence-corrected chi connectivity index (χ0v) is 17.1. The summed E-state index contributed by atoms with van der Waals surface area (Å²) in [6, 6.07) is 23.9. The van der Waals surface area contributed by atoms with Crippen LogP contribution in [-0.2, 0) is 4.79 Å². The second-order valence-corrected chi connectivity index (χ2v) is 7.44. The van der Waals surface area contributed by atoms with Crippen LogP contribution in [0.1, 0.15) is 23.0 Å². The van der Waals surface area contributed by atoms with Gasteiger partial charge >= 0.3 is 5.97 Å². The zero-order chi connectivity index (χ0) is 22.2. The predicted octanol–water partition coefficient (Wildman–Crippen LogP) is 5.60. The Bertz CT molecular complexity index is 1440. The molecule has 3 aromatic carbocycles. The Morgan fingerprint density at radius 1 is 1.00 bits per heavy atom. The first kappa shape index (κ1) is 19.5. The second-order valence-electron chi connectivity index (χ2n) is 7.44. The summed E-state index contributed by atoms with van der Waals surface area (Å²) in [7, 11) is 0. The largest absolute Gasteiger partial charge is 0.478 e. The molecule has 6 heteroatoms. The van der Waals surface area contributed by atoms with Crippen molar-refractivity contribution >= 4 is 40.1 Å². The van der Waals surface area contributed by atoms with Gasteiger partial charge in [-0.25, -0.2) is 4.79 Å². The molecule has 6 nitrogen and oxygen atoms in total. The number of carboxylic acid groups (broad SMARTS) is 1. The van der Waals surface area contributed by atoms with E-state index in [2.05, 4.69) is 17.2 Å². The van der Waals surface area contributed by atoms with Gasteiger partial charge in [0.25, 0.3) is 5.91 Å². The Morgan fingerprint density at radius 2 is 1.78 bits per heavy atom. The summed E-state index contributed by atoms with van der Waals surface area (Å²) in [5, 5.41) is 17.0. The first-order valence-electron chi connectivity index (χ1n) is 10.0. The molecule has 0 fully saturated rings. The number of hydrogen-bond donors (Lipinski definition) is 1. The number of carbonyl (C=O) groups excluding carboxylic acids is 1. The van der Waals surface area contributed by atoms with Gasteiger partial charge in [-0.3, -0.25) is 4.79 Å². The number of carboxylic acids is 1. The standard InChI is InChI=1S/C26H18N2O4/c1-16-23(25(29)28(27-16)19-9-4-8-18(14-19)26(30)31)15-20-12-13-24(32-20)22-11-5-7-17-6-2-3-10-21(17)22/h2-15H,1H3,(H,30,31)/b23-15-. The van der Waals surface area contributed by atoms with Gasteiger partial charge in [0.1, 0.15) is 11.5 Å². The number of amides is 1. The third-order valence-corrected chi connectivity index (χ3v) is 5.37. The minimum Gasteiger partial charge on any atom is -0.478 e. The molecule has 1 N–H and O–H groups in total. The van der Waals surface area contributed by atoms with E-state index in [1.165, 1.54) is 17.1 Å². The highest BCUT2D eigenvalue weighted by Crippen LogP contribution is 2.31. The van der Waals surface area contributed by atoms with Crippen molar-refractivity contribution in [2.75, 3.05) is 5.01 Å². The van der Waals surface area contributed by atoms with Crippen LogP contribution in [0.25, 0.3) is 28.2 Å². The maximum Gasteiger partial charge on any atom is 0.335 e. The smallest absolute Gasteiger partial charge is 0.335 e. The van der Waals surface area contributed by atoms with Crippen molar-refractivity contribution in [2.24, 2.45) is 5.10 Å². The van der Waals surface area contributed by atoms with Crippen molar-refractivity contribution in [2.45, 2.75) is 6.92 Å². The highest BCUT2D eigenvalue weighted by Gasteiger charge is 2.29. The van der Waals surface area contributed by atoms with Crippen molar-refractivity contribution < 1.29 is 19.1 Å². The van der Waals surface area contributed by atoms with Crippen molar-refractivity contribution in [1.29, 1.82) is 0 Å². The molecular formula is C26H18N2O4. The molecule has 4 aromatic rings. The molecule has 0 saturated heterocycles. The van der Waals surface area contributed by atoms with Gasteiger partial charge in [-0.1, -0.05) is 48.5 Å². The molecule has 0 bridgehead atoms. The number of rotatable bonds is 4. The number of nitrogens with zero attached hydrogens (tertiary/aromatic N) is 2. The molecule has 0 spiro atoms. The number of carbonyl (C=O) groups is 2. The second kappa shape index (κ2) is 7.67. The lowest BCUT2D eigenvalue weighted by atomic mass is 10.0. The molecule has 0 unspecified atom stereocenters. The average Bonchev–Trinajstić information content (AvgIpc) is 3.39. The van der Waals surface area contributed by atoms with Gasteiger partial charge in [-0.15, -0.1) is 0 Å². The SMILES string of the molecule is CC1=NN(c2cccc(C(=O)O)c2)C(=O)/C1=C\c1ccc(-c2cccc3ccccc23)o1. The van der Waals surface area contributed by atoms with Crippen LogP contribution in [0, 0.1) is 0 Å². The average molecular weight is 422 g/mol. The van der Waals surface area contributed by atoms with E-state index in [1.54, 1.807) is 25.1 Å². The number of anilines is 1. The minimum absolute atomic E-state index is 0.0892. The molecule has 156 valence electrons. The summed E-state index contributed by atoms with van der Waals surface area (Å²) in [6.45, 7) is 1.74. The van der Waals surface area contributed by atoms with Crippen molar-refractivity contribution in [3.8, 4) is 11.3 Å². The van der Waals surface area contributed by atoms with Gasteiger partial charge < -0.3 is 9.52 Å². The highest BCUT2D eigenvalue weighted by atomic mass is 16.4. The van der Waals surface area contributed by atoms with E-state index < -0.39 is 5.97 Å². The van der Waals surface area contributed by atoms with Gasteiger partial charge in [0, 0.05) is 5.56 Å². The van der Waals surface area contributed by atoms with Crippen LogP contribution in [0.5, 0.6) is 0 Å². The van der Waals surface area contributed by atoms with Crippen LogP contribution in [0.3, 0.4) is 0 Å². The normalized spacial score (nSPS) is 14.9. The van der Waals surface area contributed by atoms with Gasteiger partial charge in [-0.05, 0) is 54.1 Å². The van der Waals surface area contributed by atoms with Crippen LogP contribution in [0.2, 0.25) is 0 Å². The van der Waals surface area contributed by atoms with E-state index in [4.69, 9.17) is 4.42 Å². The molecule has 1 amide bonds. The Kier molecular flexibility index (Phi) is 4.67. The number of aromatic carboxylic acids is 1. The molecule has 0 radical (unpaired) electrons. The van der Waals surface area contributed by atoms with E-state index >= 15 is 0 Å². The Morgan fingerprint density at radius 3 is 2.62 bits per heavy atom. The zero-order valence-electron chi connectivity index (χ0n) is 17.1. The van der Waals surface area contributed by atoms with Gasteiger partial charge in [-0.2, -0.15) is 10.1 Å². The number of benzene rings is 3. The molecule has 32 heavy (non-hydrogen) atoms. The van der Waals surface area contributed by atoms with Crippen LogP contribution in [0.4, 0.5) is 5.69 Å². The lowest BCUT2D eigenvalue weighted by molar-refractivity contribution is -0.114. The predicted molar refractivity (Wildman–Crippen MR) is 124 cm³/mol. The molecule has 1 aliphatic heterocycles. The van der Waals surface area contributed by atoms with E-state index in [9.17, 15) is 14.7 Å². The summed E-state index contributed by atoms with van der Waals surface area (Å²) in [4.78, 5) is 24.3. The van der Waals surface area contributed by atoms with E-state index in [0.717, 1.165) is 16.3 Å². The Balaban J connectivity index is 1.47. The lowest BCUT2D eigenvalue weighted by Gasteiger charge is -2.12. The number of furan rings is 1. The molecule has 1 aromatic heterocycles. The Hall–Kier alpha value is -4.45. The fourth-order valence-electron chi connectivity index (χ4n) is 3.79. The first-order chi connectivity index (χ1) is 15.5. The topological polar surface area (TPSA) is 83.1 Å². The number of hydrazone groups is 1. The first-order valence-corrected chi connectivity index (χ1v) is 10.0. The Labute approximate surface area is 183 Å². The maximum absolute atomic E-state index is 13.0. The van der Waals surface area contributed by atoms with Crippen LogP contribution < -0.4 is 5.01 Å². The van der Waals surface area contributed by atoms with E-state index in [1.807, 2.05) is 42.5 Å². The molecule has 0 saturated carbocycles. The summed E-state index contributed by atoms with van der Waals surface area (Å²) < 4.78 is 6.05. The monoisotopic (exact) mass is 422 g/mol. The highest BCUT2D eigenvalue weighted by molar-refractivity contribution is 6.32. The summed E-state index contributed by atoms with van der Waals surface area (Å²) in [6.07, 6.45) is 1.66. The van der Waals surface area contributed by atoms with Crippen molar-refractivity contribution in [3.63, 3.8) is 0 Å². The molecule has 0 atom stereocenters. The molecule has 0 aliphatic carbocycles. The molecular weight excluding hydrogens is 404 g/mol. The van der Waals surface area contributed by atoms with Crippen molar-refractivity contribution in [1.82, 2.24) is 0 Å². The number of hydrogen-bond acceptors (Lipinski definition) is 4. The number of fused-ring (bicyclic) bond motifs is 1. The lowest BCUT2D eigenvalue weighted by Crippen LogP contribution is -2.21. The van der Waals surface area contributed by atoms with E-state index in [0.29, 0.717) is 28.5 Å². The van der Waals surface area contributed by atoms with Crippen LogP contribution in [-0.4, -0.2) is 22.7 Å². The van der Waals surface area contributed by atoms with Gasteiger partial charge in [0.05, 0.1) is 22.5 Å². The summed E-state index contributed by atoms with van der Waals surface area (Å²) in [5.41, 5.74) is 2.38. The summed E-state index contributed by atoms with van der Waals surface area (Å²) >= 11 is 0. The van der Waals surface area contributed by atoms with Gasteiger partial charge in [0.2, 0.25) is 0 Å². The van der Waals surface area contributed by atoms with Crippen LogP contribution >= 0.6 is 0 Å². The quantitative estimate of drug-likeness (QED) is 0.434. The molecule has 2 heterocycles. The fourth-order valence-corrected chi connectivity index (χ4v) is 3.79. The molecule has 1 aliphatic rings.